The molecule has 5 nitrogen and oxygen atoms in total. The molecule has 0 saturated heterocycles. The predicted octanol–water partition coefficient (Wildman–Crippen LogP) is 3.59. The number of aromatic nitrogens is 1. The Kier molecular flexibility index (Phi) is 2.97. The molecule has 0 spiro atoms. The first-order valence-corrected chi connectivity index (χ1v) is 7.59. The number of fused-ring (bicyclic) bond motifs is 2. The van der Waals surface area contributed by atoms with Crippen molar-refractivity contribution in [2.45, 2.75) is 6.92 Å². The molecule has 22 heavy (non-hydrogen) atoms. The van der Waals surface area contributed by atoms with Gasteiger partial charge in [-0.1, -0.05) is 29.0 Å². The zero-order valence-corrected chi connectivity index (χ0v) is 12.6. The number of thiazole rings is 1. The van der Waals surface area contributed by atoms with Gasteiger partial charge in [0, 0.05) is 17.7 Å². The number of hydrogen-bond acceptors (Lipinski definition) is 5. The fourth-order valence-electron chi connectivity index (χ4n) is 2.25. The first kappa shape index (κ1) is 13.1. The van der Waals surface area contributed by atoms with Crippen molar-refractivity contribution in [1.82, 2.24) is 4.98 Å². The minimum absolute atomic E-state index is 0.168. The van der Waals surface area contributed by atoms with Crippen LogP contribution in [-0.2, 0) is 0 Å². The van der Waals surface area contributed by atoms with Crippen molar-refractivity contribution in [1.29, 1.82) is 0 Å². The SMILES string of the molecule is Cc1ccc(C(=O)Nc2nc3cc4c(cc3s2)OCO4)cc1. The van der Waals surface area contributed by atoms with Gasteiger partial charge < -0.3 is 9.47 Å². The molecule has 0 unspecified atom stereocenters. The summed E-state index contributed by atoms with van der Waals surface area (Å²) in [4.78, 5) is 16.6. The molecule has 0 aliphatic carbocycles. The van der Waals surface area contributed by atoms with E-state index in [0.29, 0.717) is 22.2 Å². The second-order valence-corrected chi connectivity index (χ2v) is 6.04. The van der Waals surface area contributed by atoms with Gasteiger partial charge in [0.15, 0.2) is 16.6 Å². The molecule has 0 atom stereocenters. The largest absolute Gasteiger partial charge is 0.454 e. The van der Waals surface area contributed by atoms with Crippen molar-refractivity contribution in [3.63, 3.8) is 0 Å². The summed E-state index contributed by atoms with van der Waals surface area (Å²) < 4.78 is 11.6. The van der Waals surface area contributed by atoms with Gasteiger partial charge in [0.05, 0.1) is 10.2 Å². The van der Waals surface area contributed by atoms with E-state index in [1.165, 1.54) is 11.3 Å². The second-order valence-electron chi connectivity index (χ2n) is 5.01. The highest BCUT2D eigenvalue weighted by atomic mass is 32.1. The van der Waals surface area contributed by atoms with Crippen LogP contribution in [0.15, 0.2) is 36.4 Å². The van der Waals surface area contributed by atoms with Crippen molar-refractivity contribution in [3.05, 3.63) is 47.5 Å². The highest BCUT2D eigenvalue weighted by molar-refractivity contribution is 7.22. The van der Waals surface area contributed by atoms with Crippen LogP contribution >= 0.6 is 11.3 Å². The van der Waals surface area contributed by atoms with Gasteiger partial charge >= 0.3 is 0 Å². The van der Waals surface area contributed by atoms with Crippen molar-refractivity contribution >= 4 is 32.6 Å². The van der Waals surface area contributed by atoms with Gasteiger partial charge in [0.25, 0.3) is 5.91 Å². The van der Waals surface area contributed by atoms with Crippen molar-refractivity contribution < 1.29 is 14.3 Å². The molecule has 1 aliphatic heterocycles. The van der Waals surface area contributed by atoms with Gasteiger partial charge in [-0.2, -0.15) is 0 Å². The molecule has 110 valence electrons. The zero-order chi connectivity index (χ0) is 15.1. The average molecular weight is 312 g/mol. The minimum atomic E-state index is -0.168. The summed E-state index contributed by atoms with van der Waals surface area (Å²) in [5.41, 5.74) is 2.51. The van der Waals surface area contributed by atoms with Crippen molar-refractivity contribution in [2.75, 3.05) is 12.1 Å². The second kappa shape index (κ2) is 4.99. The Bertz CT molecular complexity index is 830. The van der Waals surface area contributed by atoms with Crippen LogP contribution in [0.3, 0.4) is 0 Å². The zero-order valence-electron chi connectivity index (χ0n) is 11.8. The summed E-state index contributed by atoms with van der Waals surface area (Å²) in [5, 5.41) is 3.39. The summed E-state index contributed by atoms with van der Waals surface area (Å²) in [6, 6.07) is 11.1. The number of hydrogen-bond donors (Lipinski definition) is 1. The van der Waals surface area contributed by atoms with Crippen LogP contribution in [0.4, 0.5) is 5.13 Å². The lowest BCUT2D eigenvalue weighted by atomic mass is 10.1. The van der Waals surface area contributed by atoms with E-state index in [2.05, 4.69) is 10.3 Å². The van der Waals surface area contributed by atoms with Crippen LogP contribution in [0, 0.1) is 6.92 Å². The van der Waals surface area contributed by atoms with Gasteiger partial charge in [0.1, 0.15) is 0 Å². The Hall–Kier alpha value is -2.60. The maximum absolute atomic E-state index is 12.2. The van der Waals surface area contributed by atoms with E-state index in [1.54, 1.807) is 12.1 Å². The quantitative estimate of drug-likeness (QED) is 0.785. The van der Waals surface area contributed by atoms with E-state index < -0.39 is 0 Å². The third-order valence-electron chi connectivity index (χ3n) is 3.42. The number of nitrogens with zero attached hydrogens (tertiary/aromatic N) is 1. The number of carbonyl (C=O) groups is 1. The molecule has 2 aromatic carbocycles. The number of anilines is 1. The fourth-order valence-corrected chi connectivity index (χ4v) is 3.12. The molecule has 0 bridgehead atoms. The van der Waals surface area contributed by atoms with E-state index in [4.69, 9.17) is 9.47 Å². The molecular weight excluding hydrogens is 300 g/mol. The average Bonchev–Trinajstić information content (AvgIpc) is 3.10. The Morgan fingerprint density at radius 3 is 2.68 bits per heavy atom. The maximum atomic E-state index is 12.2. The molecule has 0 fully saturated rings. The van der Waals surface area contributed by atoms with Crippen LogP contribution in [0.25, 0.3) is 10.2 Å². The molecule has 6 heteroatoms. The summed E-state index contributed by atoms with van der Waals surface area (Å²) in [5.74, 6) is 1.24. The normalized spacial score (nSPS) is 12.6. The lowest BCUT2D eigenvalue weighted by molar-refractivity contribution is 0.102. The van der Waals surface area contributed by atoms with Crippen LogP contribution in [0.5, 0.6) is 11.5 Å². The van der Waals surface area contributed by atoms with Gasteiger partial charge in [-0.05, 0) is 19.1 Å². The number of amides is 1. The van der Waals surface area contributed by atoms with Crippen LogP contribution in [-0.4, -0.2) is 17.7 Å². The van der Waals surface area contributed by atoms with E-state index in [0.717, 1.165) is 15.8 Å². The number of ether oxygens (including phenoxy) is 2. The van der Waals surface area contributed by atoms with Crippen molar-refractivity contribution in [3.8, 4) is 11.5 Å². The van der Waals surface area contributed by atoms with Crippen LogP contribution < -0.4 is 14.8 Å². The lowest BCUT2D eigenvalue weighted by Gasteiger charge is -2.01. The predicted molar refractivity (Wildman–Crippen MR) is 84.9 cm³/mol. The third-order valence-corrected chi connectivity index (χ3v) is 4.35. The molecule has 1 N–H and O–H groups in total. The number of rotatable bonds is 2. The molecule has 1 aliphatic rings. The highest BCUT2D eigenvalue weighted by Crippen LogP contribution is 2.38. The monoisotopic (exact) mass is 312 g/mol. The Labute approximate surface area is 130 Å². The van der Waals surface area contributed by atoms with E-state index in [9.17, 15) is 4.79 Å². The van der Waals surface area contributed by atoms with Gasteiger partial charge in [-0.15, -0.1) is 0 Å². The third kappa shape index (κ3) is 2.27. The Balaban J connectivity index is 1.61. The molecule has 2 heterocycles. The first-order chi connectivity index (χ1) is 10.7. The molecule has 3 aromatic rings. The van der Waals surface area contributed by atoms with Gasteiger partial charge in [0.2, 0.25) is 6.79 Å². The number of nitrogens with one attached hydrogen (secondary N) is 1. The summed E-state index contributed by atoms with van der Waals surface area (Å²) in [6.07, 6.45) is 0. The fraction of sp³-hybridized carbons (Fsp3) is 0.125. The molecule has 4 rings (SSSR count). The highest BCUT2D eigenvalue weighted by Gasteiger charge is 2.17. The van der Waals surface area contributed by atoms with Gasteiger partial charge in [-0.3, -0.25) is 10.1 Å². The van der Waals surface area contributed by atoms with Crippen LogP contribution in [0.2, 0.25) is 0 Å². The topological polar surface area (TPSA) is 60.5 Å². The number of benzene rings is 2. The molecule has 0 saturated carbocycles. The van der Waals surface area contributed by atoms with E-state index in [1.807, 2.05) is 31.2 Å². The van der Waals surface area contributed by atoms with Crippen LogP contribution in [0.1, 0.15) is 15.9 Å². The van der Waals surface area contributed by atoms with Crippen molar-refractivity contribution in [2.24, 2.45) is 0 Å². The van der Waals surface area contributed by atoms with Gasteiger partial charge in [-0.25, -0.2) is 4.98 Å². The molecule has 1 amide bonds. The first-order valence-electron chi connectivity index (χ1n) is 6.77. The summed E-state index contributed by atoms with van der Waals surface area (Å²) in [6.45, 7) is 2.22. The summed E-state index contributed by atoms with van der Waals surface area (Å²) in [7, 11) is 0. The number of aryl methyl sites for hydroxylation is 1. The Morgan fingerprint density at radius 2 is 1.91 bits per heavy atom. The minimum Gasteiger partial charge on any atom is -0.454 e. The Morgan fingerprint density at radius 1 is 1.18 bits per heavy atom. The van der Waals surface area contributed by atoms with E-state index in [-0.39, 0.29) is 12.7 Å². The summed E-state index contributed by atoms with van der Waals surface area (Å²) >= 11 is 1.41. The molecular formula is C16H12N2O3S. The molecule has 0 radical (unpaired) electrons. The standard InChI is InChI=1S/C16H12N2O3S/c1-9-2-4-10(5-3-9)15(19)18-16-17-11-6-12-13(21-8-20-12)7-14(11)22-16/h2-7H,8H2,1H3,(H,17,18,19). The lowest BCUT2D eigenvalue weighted by Crippen LogP contribution is -2.11. The number of carbonyl (C=O) groups excluding carboxylic acids is 1. The molecule has 1 aromatic heterocycles. The van der Waals surface area contributed by atoms with E-state index >= 15 is 0 Å². The smallest absolute Gasteiger partial charge is 0.257 e. The maximum Gasteiger partial charge on any atom is 0.257 e.